The van der Waals surface area contributed by atoms with E-state index in [9.17, 15) is 15.0 Å². The molecule has 0 aromatic heterocycles. The number of aliphatic hydroxyl groups is 1. The van der Waals surface area contributed by atoms with Crippen LogP contribution < -0.4 is 9.47 Å². The van der Waals surface area contributed by atoms with Crippen LogP contribution in [0.2, 0.25) is 0 Å². The molecule has 2 aromatic rings. The van der Waals surface area contributed by atoms with Gasteiger partial charge in [0.2, 0.25) is 0 Å². The van der Waals surface area contributed by atoms with E-state index >= 15 is 0 Å². The molecule has 5 rings (SSSR count). The third-order valence-corrected chi connectivity index (χ3v) is 7.18. The van der Waals surface area contributed by atoms with Gasteiger partial charge in [-0.3, -0.25) is 4.79 Å². The van der Waals surface area contributed by atoms with Gasteiger partial charge < -0.3 is 33.9 Å². The first kappa shape index (κ1) is 24.2. The average molecular weight is 495 g/mol. The van der Waals surface area contributed by atoms with Crippen molar-refractivity contribution in [3.05, 3.63) is 64.4 Å². The summed E-state index contributed by atoms with van der Waals surface area (Å²) in [6.45, 7) is 1.51. The summed E-state index contributed by atoms with van der Waals surface area (Å²) in [5, 5.41) is 20.5. The molecule has 0 bridgehead atoms. The minimum Gasteiger partial charge on any atom is -0.508 e. The van der Waals surface area contributed by atoms with Gasteiger partial charge in [0.15, 0.2) is 0 Å². The second-order valence-corrected chi connectivity index (χ2v) is 9.20. The molecule has 2 N–H and O–H groups in total. The molecule has 1 aliphatic heterocycles. The molecule has 8 heteroatoms. The Morgan fingerprint density at radius 3 is 2.64 bits per heavy atom. The van der Waals surface area contributed by atoms with E-state index in [1.54, 1.807) is 25.3 Å². The number of aryl methyl sites for hydroxylation is 1. The standard InChI is InChI=1S/C28H30O8/c1-14(29)35-13-20-26-19-7-5-15-9-17(30)6-8-18(15)25(19)21(32-2)12-22(26)36-28(20)16-10-23(33-3)27(31)24(11-16)34-4/h6,8-12,20,23,27-28,30-31H,5,7,13H2,1-4H3/t20-,23?,27?,28+/m1/s1. The summed E-state index contributed by atoms with van der Waals surface area (Å²) < 4.78 is 28.7. The Labute approximate surface area is 209 Å². The number of methoxy groups -OCH3 is 3. The monoisotopic (exact) mass is 494 g/mol. The number of hydrogen-bond acceptors (Lipinski definition) is 8. The molecular formula is C28H30O8. The van der Waals surface area contributed by atoms with Crippen LogP contribution in [0.15, 0.2) is 47.7 Å². The Kier molecular flexibility index (Phi) is 6.40. The molecule has 190 valence electrons. The fourth-order valence-electron chi connectivity index (χ4n) is 5.55. The lowest BCUT2D eigenvalue weighted by atomic mass is 9.78. The Morgan fingerprint density at radius 1 is 1.14 bits per heavy atom. The molecular weight excluding hydrogens is 464 g/mol. The van der Waals surface area contributed by atoms with Crippen molar-refractivity contribution in [1.29, 1.82) is 0 Å². The molecule has 36 heavy (non-hydrogen) atoms. The number of fused-ring (bicyclic) bond motifs is 5. The summed E-state index contributed by atoms with van der Waals surface area (Å²) in [4.78, 5) is 11.8. The minimum absolute atomic E-state index is 0.127. The van der Waals surface area contributed by atoms with Crippen molar-refractivity contribution in [3.63, 3.8) is 0 Å². The van der Waals surface area contributed by atoms with Gasteiger partial charge in [-0.05, 0) is 59.4 Å². The van der Waals surface area contributed by atoms with Crippen LogP contribution in [0.3, 0.4) is 0 Å². The highest BCUT2D eigenvalue weighted by molar-refractivity contribution is 5.82. The molecule has 0 saturated heterocycles. The van der Waals surface area contributed by atoms with Crippen molar-refractivity contribution in [2.45, 2.75) is 44.0 Å². The lowest BCUT2D eigenvalue weighted by Crippen LogP contribution is -2.35. The van der Waals surface area contributed by atoms with E-state index in [-0.39, 0.29) is 24.2 Å². The van der Waals surface area contributed by atoms with E-state index in [0.717, 1.165) is 46.2 Å². The van der Waals surface area contributed by atoms with Gasteiger partial charge >= 0.3 is 5.97 Å². The van der Waals surface area contributed by atoms with E-state index in [4.69, 9.17) is 23.7 Å². The van der Waals surface area contributed by atoms with Crippen LogP contribution in [0.25, 0.3) is 11.1 Å². The highest BCUT2D eigenvalue weighted by atomic mass is 16.5. The van der Waals surface area contributed by atoms with Crippen LogP contribution in [0.1, 0.15) is 29.5 Å². The van der Waals surface area contributed by atoms with Crippen LogP contribution in [-0.4, -0.2) is 62.4 Å². The Bertz CT molecular complexity index is 1260. The predicted molar refractivity (Wildman–Crippen MR) is 131 cm³/mol. The zero-order chi connectivity index (χ0) is 25.6. The molecule has 0 saturated carbocycles. The number of phenols is 1. The third kappa shape index (κ3) is 4.00. The zero-order valence-corrected chi connectivity index (χ0v) is 20.7. The van der Waals surface area contributed by atoms with Gasteiger partial charge in [-0.1, -0.05) is 6.07 Å². The number of hydrogen-bond donors (Lipinski definition) is 2. The van der Waals surface area contributed by atoms with Gasteiger partial charge in [0, 0.05) is 31.2 Å². The Hall–Kier alpha value is -3.49. The fraction of sp³-hybridized carbons (Fsp3) is 0.393. The first-order chi connectivity index (χ1) is 17.4. The third-order valence-electron chi connectivity index (χ3n) is 7.18. The molecule has 8 nitrogen and oxygen atoms in total. The first-order valence-electron chi connectivity index (χ1n) is 11.9. The maximum Gasteiger partial charge on any atom is 0.302 e. The van der Waals surface area contributed by atoms with Crippen LogP contribution in [0.5, 0.6) is 17.2 Å². The largest absolute Gasteiger partial charge is 0.508 e. The van der Waals surface area contributed by atoms with Crippen LogP contribution >= 0.6 is 0 Å². The van der Waals surface area contributed by atoms with Crippen molar-refractivity contribution in [3.8, 4) is 28.4 Å². The predicted octanol–water partition coefficient (Wildman–Crippen LogP) is 3.42. The number of aromatic hydroxyl groups is 1. The molecule has 0 radical (unpaired) electrons. The first-order valence-corrected chi connectivity index (χ1v) is 11.9. The minimum atomic E-state index is -0.930. The topological polar surface area (TPSA) is 104 Å². The van der Waals surface area contributed by atoms with E-state index in [0.29, 0.717) is 17.3 Å². The van der Waals surface area contributed by atoms with Crippen LogP contribution in [0.4, 0.5) is 0 Å². The molecule has 3 aliphatic rings. The fourth-order valence-corrected chi connectivity index (χ4v) is 5.55. The van der Waals surface area contributed by atoms with Gasteiger partial charge in [0.05, 0.1) is 20.1 Å². The van der Waals surface area contributed by atoms with Crippen LogP contribution in [0, 0.1) is 0 Å². The normalized spacial score (nSPS) is 23.9. The van der Waals surface area contributed by atoms with Gasteiger partial charge in [-0.25, -0.2) is 0 Å². The summed E-state index contributed by atoms with van der Waals surface area (Å²) in [5.41, 5.74) is 5.84. The summed E-state index contributed by atoms with van der Waals surface area (Å²) in [6, 6.07) is 7.26. The summed E-state index contributed by atoms with van der Waals surface area (Å²) >= 11 is 0. The van der Waals surface area contributed by atoms with E-state index in [1.165, 1.54) is 21.1 Å². The molecule has 1 heterocycles. The highest BCUT2D eigenvalue weighted by Crippen LogP contribution is 2.52. The van der Waals surface area contributed by atoms with Crippen molar-refractivity contribution < 1.29 is 38.7 Å². The second-order valence-electron chi connectivity index (χ2n) is 9.20. The van der Waals surface area contributed by atoms with Crippen molar-refractivity contribution >= 4 is 5.97 Å². The molecule has 0 spiro atoms. The Balaban J connectivity index is 1.65. The number of aliphatic hydroxyl groups excluding tert-OH is 1. The second kappa shape index (κ2) is 9.52. The van der Waals surface area contributed by atoms with Crippen molar-refractivity contribution in [2.75, 3.05) is 27.9 Å². The van der Waals surface area contributed by atoms with Gasteiger partial charge in [0.25, 0.3) is 0 Å². The van der Waals surface area contributed by atoms with Gasteiger partial charge in [-0.15, -0.1) is 0 Å². The average Bonchev–Trinajstić information content (AvgIpc) is 3.25. The van der Waals surface area contributed by atoms with Crippen molar-refractivity contribution in [1.82, 2.24) is 0 Å². The molecule has 2 aromatic carbocycles. The summed E-state index contributed by atoms with van der Waals surface area (Å²) in [7, 11) is 4.65. The van der Waals surface area contributed by atoms with Gasteiger partial charge in [-0.2, -0.15) is 0 Å². The lowest BCUT2D eigenvalue weighted by Gasteiger charge is -2.29. The Morgan fingerprint density at radius 2 is 1.94 bits per heavy atom. The number of rotatable bonds is 6. The molecule has 0 amide bonds. The molecule has 4 atom stereocenters. The molecule has 0 fully saturated rings. The summed E-state index contributed by atoms with van der Waals surface area (Å²) in [5.74, 6) is 1.28. The lowest BCUT2D eigenvalue weighted by molar-refractivity contribution is -0.141. The maximum atomic E-state index is 11.8. The maximum absolute atomic E-state index is 11.8. The molecule has 2 unspecified atom stereocenters. The SMILES string of the molecule is COC1=CC([C@@H]2Oc3cc(OC)c4c(c3[C@H]2COC(C)=O)CCc2cc(O)ccc2-4)=CC(OC)C1O. The number of phenolic OH excluding ortho intramolecular Hbond substituents is 1. The quantitative estimate of drug-likeness (QED) is 0.589. The van der Waals surface area contributed by atoms with E-state index in [2.05, 4.69) is 0 Å². The smallest absolute Gasteiger partial charge is 0.302 e. The van der Waals surface area contributed by atoms with Gasteiger partial charge in [0.1, 0.15) is 47.9 Å². The number of ether oxygens (including phenoxy) is 5. The van der Waals surface area contributed by atoms with E-state index < -0.39 is 18.3 Å². The number of esters is 1. The highest BCUT2D eigenvalue weighted by Gasteiger charge is 2.43. The summed E-state index contributed by atoms with van der Waals surface area (Å²) in [6.07, 6.45) is 3.02. The number of carbonyl (C=O) groups excluding carboxylic acids is 1. The number of benzene rings is 2. The van der Waals surface area contributed by atoms with Crippen molar-refractivity contribution in [2.24, 2.45) is 0 Å². The molecule has 2 aliphatic carbocycles. The zero-order valence-electron chi connectivity index (χ0n) is 20.7. The number of carbonyl (C=O) groups is 1. The van der Waals surface area contributed by atoms with Crippen LogP contribution in [-0.2, 0) is 31.8 Å². The van der Waals surface area contributed by atoms with E-state index in [1.807, 2.05) is 18.2 Å².